The molecule has 5 atom stereocenters. The van der Waals surface area contributed by atoms with Crippen LogP contribution in [0.2, 0.25) is 0 Å². The molecular formula is C22H38N2O12. The minimum absolute atomic E-state index is 0.0382. The van der Waals surface area contributed by atoms with E-state index >= 15 is 0 Å². The van der Waals surface area contributed by atoms with Crippen LogP contribution in [0.1, 0.15) is 33.6 Å². The van der Waals surface area contributed by atoms with Crippen molar-refractivity contribution in [3.05, 3.63) is 0 Å². The number of hydrogen-bond donors (Lipinski definition) is 4. The van der Waals surface area contributed by atoms with Gasteiger partial charge in [0, 0.05) is 19.4 Å². The Morgan fingerprint density at radius 1 is 0.861 bits per heavy atom. The predicted molar refractivity (Wildman–Crippen MR) is 121 cm³/mol. The predicted octanol–water partition coefficient (Wildman–Crippen LogP) is -2.30. The van der Waals surface area contributed by atoms with E-state index in [1.54, 1.807) is 20.8 Å². The number of ether oxygens (including phenoxy) is 5. The van der Waals surface area contributed by atoms with E-state index in [1.165, 1.54) is 0 Å². The first-order chi connectivity index (χ1) is 17.1. The fourth-order valence-electron chi connectivity index (χ4n) is 3.16. The molecule has 0 unspecified atom stereocenters. The molecule has 208 valence electrons. The lowest BCUT2D eigenvalue weighted by atomic mass is 10.0. The van der Waals surface area contributed by atoms with E-state index in [1.807, 2.05) is 0 Å². The van der Waals surface area contributed by atoms with Gasteiger partial charge in [0.15, 0.2) is 6.29 Å². The standard InChI is InChI=1S/C22H38N2O12/c1-4-33-17(27)12-24(13-18(28)34-5-2)16(26)7-6-15(25)23-8-9-32-10-11-35-22-21(31)20(30)19(29)14(3)36-22/h14,19-22,29-31H,4-13H2,1-3H3,(H,23,25)/t14-,19-,20+,21+,22+/m0/s1. The van der Waals surface area contributed by atoms with Gasteiger partial charge in [0.25, 0.3) is 0 Å². The zero-order chi connectivity index (χ0) is 27.1. The average Bonchev–Trinajstić information content (AvgIpc) is 2.83. The van der Waals surface area contributed by atoms with Crippen molar-refractivity contribution in [3.8, 4) is 0 Å². The van der Waals surface area contributed by atoms with Gasteiger partial charge in [-0.25, -0.2) is 0 Å². The molecule has 0 bridgehead atoms. The molecule has 1 heterocycles. The van der Waals surface area contributed by atoms with Crippen molar-refractivity contribution in [2.45, 2.75) is 64.3 Å². The Kier molecular flexibility index (Phi) is 15.1. The molecule has 14 heteroatoms. The van der Waals surface area contributed by atoms with Crippen LogP contribution in [0.4, 0.5) is 0 Å². The Labute approximate surface area is 209 Å². The third-order valence-corrected chi connectivity index (χ3v) is 5.06. The third kappa shape index (κ3) is 11.6. The molecule has 1 saturated heterocycles. The molecule has 0 radical (unpaired) electrons. The van der Waals surface area contributed by atoms with Crippen molar-refractivity contribution in [2.75, 3.05) is 52.7 Å². The maximum Gasteiger partial charge on any atom is 0.325 e. The SMILES string of the molecule is CCOC(=O)CN(CC(=O)OCC)C(=O)CCC(=O)NCCOCCO[C@@H]1O[C@@H](C)[C@H](O)[C@@H](O)[C@H]1O. The molecule has 14 nitrogen and oxygen atoms in total. The number of aliphatic hydroxyl groups excluding tert-OH is 3. The van der Waals surface area contributed by atoms with E-state index in [0.29, 0.717) is 0 Å². The molecule has 36 heavy (non-hydrogen) atoms. The maximum atomic E-state index is 12.4. The Bertz CT molecular complexity index is 687. The van der Waals surface area contributed by atoms with Gasteiger partial charge in [-0.05, 0) is 20.8 Å². The highest BCUT2D eigenvalue weighted by Gasteiger charge is 2.42. The fraction of sp³-hybridized carbons (Fsp3) is 0.818. The summed E-state index contributed by atoms with van der Waals surface area (Å²) in [5.74, 6) is -2.34. The summed E-state index contributed by atoms with van der Waals surface area (Å²) in [6.07, 6.45) is -6.19. The summed E-state index contributed by atoms with van der Waals surface area (Å²) < 4.78 is 25.5. The van der Waals surface area contributed by atoms with Crippen molar-refractivity contribution < 1.29 is 58.2 Å². The highest BCUT2D eigenvalue weighted by molar-refractivity contribution is 5.88. The van der Waals surface area contributed by atoms with Crippen LogP contribution in [0.25, 0.3) is 0 Å². The molecule has 4 N–H and O–H groups in total. The lowest BCUT2D eigenvalue weighted by Gasteiger charge is -2.38. The number of amides is 2. The lowest BCUT2D eigenvalue weighted by molar-refractivity contribution is -0.294. The second-order valence-electron chi connectivity index (χ2n) is 7.87. The highest BCUT2D eigenvalue weighted by Crippen LogP contribution is 2.21. The van der Waals surface area contributed by atoms with E-state index < -0.39 is 67.5 Å². The Balaban J connectivity index is 2.26. The largest absolute Gasteiger partial charge is 0.465 e. The second-order valence-corrected chi connectivity index (χ2v) is 7.87. The van der Waals surface area contributed by atoms with E-state index in [2.05, 4.69) is 5.32 Å². The molecule has 1 aliphatic heterocycles. The molecule has 1 aliphatic rings. The summed E-state index contributed by atoms with van der Waals surface area (Å²) in [6, 6.07) is 0. The van der Waals surface area contributed by atoms with Gasteiger partial charge in [0.05, 0.1) is 39.1 Å². The first-order valence-electron chi connectivity index (χ1n) is 11.8. The van der Waals surface area contributed by atoms with Crippen molar-refractivity contribution in [1.82, 2.24) is 10.2 Å². The molecule has 0 aromatic carbocycles. The molecule has 0 aliphatic carbocycles. The van der Waals surface area contributed by atoms with Crippen LogP contribution in [0, 0.1) is 0 Å². The number of esters is 2. The van der Waals surface area contributed by atoms with E-state index in [9.17, 15) is 34.5 Å². The van der Waals surface area contributed by atoms with Crippen molar-refractivity contribution >= 4 is 23.8 Å². The van der Waals surface area contributed by atoms with Gasteiger partial charge < -0.3 is 49.2 Å². The van der Waals surface area contributed by atoms with Crippen molar-refractivity contribution in [2.24, 2.45) is 0 Å². The molecule has 2 amide bonds. The van der Waals surface area contributed by atoms with Crippen molar-refractivity contribution in [3.63, 3.8) is 0 Å². The van der Waals surface area contributed by atoms with Crippen LogP contribution in [0.15, 0.2) is 0 Å². The normalized spacial score (nSPS) is 23.6. The summed E-state index contributed by atoms with van der Waals surface area (Å²) in [6.45, 7) is 4.63. The molecule has 0 saturated carbocycles. The first-order valence-corrected chi connectivity index (χ1v) is 11.8. The second kappa shape index (κ2) is 17.2. The van der Waals surface area contributed by atoms with Crippen LogP contribution >= 0.6 is 0 Å². The molecule has 0 spiro atoms. The number of aliphatic hydroxyl groups is 3. The topological polar surface area (TPSA) is 190 Å². The van der Waals surface area contributed by atoms with Gasteiger partial charge in [0.2, 0.25) is 11.8 Å². The van der Waals surface area contributed by atoms with E-state index in [-0.39, 0.29) is 52.4 Å². The minimum Gasteiger partial charge on any atom is -0.465 e. The van der Waals surface area contributed by atoms with E-state index in [4.69, 9.17) is 23.7 Å². The van der Waals surface area contributed by atoms with Crippen LogP contribution in [-0.2, 0) is 42.9 Å². The smallest absolute Gasteiger partial charge is 0.325 e. The Morgan fingerprint density at radius 3 is 2.06 bits per heavy atom. The Morgan fingerprint density at radius 2 is 1.47 bits per heavy atom. The van der Waals surface area contributed by atoms with Crippen LogP contribution in [0.5, 0.6) is 0 Å². The average molecular weight is 523 g/mol. The van der Waals surface area contributed by atoms with Crippen LogP contribution in [0.3, 0.4) is 0 Å². The summed E-state index contributed by atoms with van der Waals surface area (Å²) in [4.78, 5) is 48.9. The fourth-order valence-corrected chi connectivity index (χ4v) is 3.16. The van der Waals surface area contributed by atoms with Crippen LogP contribution in [-0.4, -0.2) is 127 Å². The number of hydrogen-bond acceptors (Lipinski definition) is 12. The number of carbonyl (C=O) groups excluding carboxylic acids is 4. The number of nitrogens with one attached hydrogen (secondary N) is 1. The zero-order valence-electron chi connectivity index (χ0n) is 20.9. The van der Waals surface area contributed by atoms with Gasteiger partial charge in [-0.3, -0.25) is 19.2 Å². The van der Waals surface area contributed by atoms with Gasteiger partial charge in [0.1, 0.15) is 31.4 Å². The lowest BCUT2D eigenvalue weighted by Crippen LogP contribution is -2.57. The molecule has 1 rings (SSSR count). The molecular weight excluding hydrogens is 484 g/mol. The minimum atomic E-state index is -1.40. The quantitative estimate of drug-likeness (QED) is 0.125. The number of nitrogens with zero attached hydrogens (tertiary/aromatic N) is 1. The van der Waals surface area contributed by atoms with Crippen molar-refractivity contribution in [1.29, 1.82) is 0 Å². The van der Waals surface area contributed by atoms with Gasteiger partial charge in [-0.2, -0.15) is 0 Å². The molecule has 1 fully saturated rings. The van der Waals surface area contributed by atoms with E-state index in [0.717, 1.165) is 4.90 Å². The third-order valence-electron chi connectivity index (χ3n) is 5.06. The highest BCUT2D eigenvalue weighted by atomic mass is 16.7. The summed E-state index contributed by atoms with van der Waals surface area (Å²) in [7, 11) is 0. The number of rotatable bonds is 16. The molecule has 0 aromatic heterocycles. The van der Waals surface area contributed by atoms with Gasteiger partial charge in [-0.1, -0.05) is 0 Å². The summed E-state index contributed by atoms with van der Waals surface area (Å²) in [5, 5.41) is 31.8. The van der Waals surface area contributed by atoms with Gasteiger partial charge >= 0.3 is 11.9 Å². The monoisotopic (exact) mass is 522 g/mol. The zero-order valence-corrected chi connectivity index (χ0v) is 20.9. The van der Waals surface area contributed by atoms with Gasteiger partial charge in [-0.15, -0.1) is 0 Å². The van der Waals surface area contributed by atoms with Crippen LogP contribution < -0.4 is 5.32 Å². The first kappa shape index (κ1) is 31.7. The summed E-state index contributed by atoms with van der Waals surface area (Å²) in [5.41, 5.74) is 0. The maximum absolute atomic E-state index is 12.4. The number of carbonyl (C=O) groups is 4. The summed E-state index contributed by atoms with van der Waals surface area (Å²) >= 11 is 0. The molecule has 0 aromatic rings. The Hall–Kier alpha value is -2.36.